The van der Waals surface area contributed by atoms with Gasteiger partial charge in [-0.1, -0.05) is 18.2 Å². The number of ether oxygens (including phenoxy) is 2. The van der Waals surface area contributed by atoms with Crippen molar-refractivity contribution in [3.63, 3.8) is 0 Å². The molecule has 1 saturated heterocycles. The maximum atomic E-state index is 15.4. The normalized spacial score (nSPS) is 23.2. The fourth-order valence-corrected chi connectivity index (χ4v) is 5.58. The molecule has 15 heteroatoms. The zero-order chi connectivity index (χ0) is 29.2. The highest BCUT2D eigenvalue weighted by atomic mass is 31.2. The van der Waals surface area contributed by atoms with Crippen LogP contribution in [0.3, 0.4) is 0 Å². The van der Waals surface area contributed by atoms with Gasteiger partial charge in [-0.3, -0.25) is 13.9 Å². The van der Waals surface area contributed by atoms with Crippen LogP contribution in [0.15, 0.2) is 36.7 Å². The maximum absolute atomic E-state index is 15.4. The van der Waals surface area contributed by atoms with Gasteiger partial charge < -0.3 is 24.0 Å². The van der Waals surface area contributed by atoms with Gasteiger partial charge in [0, 0.05) is 14.1 Å². The number of aliphatic hydroxyl groups is 1. The molecule has 0 spiro atoms. The summed E-state index contributed by atoms with van der Waals surface area (Å²) in [5.41, 5.74) is 0.766. The van der Waals surface area contributed by atoms with Gasteiger partial charge in [-0.2, -0.15) is 5.09 Å². The molecule has 1 aromatic carbocycles. The summed E-state index contributed by atoms with van der Waals surface area (Å²) >= 11 is 0. The largest absolute Gasteiger partial charge is 0.462 e. The predicted molar refractivity (Wildman–Crippen MR) is 144 cm³/mol. The molecule has 1 aliphatic rings. The number of halogens is 1. The maximum Gasteiger partial charge on any atom is 0.459 e. The van der Waals surface area contributed by atoms with E-state index in [2.05, 4.69) is 20.0 Å². The number of hydrogen-bond donors (Lipinski definition) is 2. The first-order chi connectivity index (χ1) is 18.9. The number of aliphatic hydroxyl groups excluding tert-OH is 1. The van der Waals surface area contributed by atoms with Crippen LogP contribution >= 0.6 is 7.75 Å². The third-order valence-corrected chi connectivity index (χ3v) is 7.58. The average molecular weight is 581 g/mol. The molecule has 0 radical (unpaired) electrons. The van der Waals surface area contributed by atoms with Crippen molar-refractivity contribution in [1.29, 1.82) is 0 Å². The van der Waals surface area contributed by atoms with E-state index in [1.54, 1.807) is 70.1 Å². The SMILES string of the molecule is Cc1nc(N(C)C)c2ncn([C@@H]3O[C@H](CO[P@@](=O)(N[C@@H](C)C(=O)OC(C)C)Oc4ccccc4)[C@@H](O)[C@@H]3F)c2n1. The van der Waals surface area contributed by atoms with Crippen molar-refractivity contribution in [2.75, 3.05) is 25.6 Å². The minimum absolute atomic E-state index is 0.202. The van der Waals surface area contributed by atoms with E-state index in [9.17, 15) is 14.5 Å². The number of aromatic nitrogens is 4. The van der Waals surface area contributed by atoms with E-state index >= 15 is 4.39 Å². The van der Waals surface area contributed by atoms with Crippen molar-refractivity contribution >= 4 is 30.7 Å². The number of rotatable bonds is 11. The number of nitrogens with zero attached hydrogens (tertiary/aromatic N) is 5. The van der Waals surface area contributed by atoms with Crippen LogP contribution in [0.5, 0.6) is 5.75 Å². The standard InChI is InChI=1S/C25H34FN6O7P/c1-14(2)37-25(34)15(3)30-40(35,39-17-10-8-7-9-11-17)36-12-18-21(33)19(26)24(38-18)32-13-27-20-22(31(5)6)28-16(4)29-23(20)32/h7-11,13-15,18-19,21,24,33H,12H2,1-6H3,(H,30,35)/t15-,18+,19-,21+,24+,40-/m0/s1. The molecule has 13 nitrogen and oxygen atoms in total. The summed E-state index contributed by atoms with van der Waals surface area (Å²) in [6.45, 7) is 5.99. The van der Waals surface area contributed by atoms with Crippen molar-refractivity contribution in [3.05, 3.63) is 42.5 Å². The van der Waals surface area contributed by atoms with Gasteiger partial charge in [0.25, 0.3) is 0 Å². The minimum Gasteiger partial charge on any atom is -0.462 e. The molecule has 0 unspecified atom stereocenters. The third kappa shape index (κ3) is 6.58. The second-order valence-electron chi connectivity index (χ2n) is 9.85. The monoisotopic (exact) mass is 580 g/mol. The zero-order valence-corrected chi connectivity index (χ0v) is 24.0. The number of esters is 1. The van der Waals surface area contributed by atoms with Gasteiger partial charge in [-0.25, -0.2) is 23.9 Å². The van der Waals surface area contributed by atoms with E-state index < -0.39 is 57.1 Å². The van der Waals surface area contributed by atoms with Gasteiger partial charge in [0.1, 0.15) is 29.8 Å². The first-order valence-electron chi connectivity index (χ1n) is 12.7. The van der Waals surface area contributed by atoms with Crippen molar-refractivity contribution in [3.8, 4) is 5.75 Å². The van der Waals surface area contributed by atoms with E-state index in [1.807, 2.05) is 0 Å². The predicted octanol–water partition coefficient (Wildman–Crippen LogP) is 2.93. The number of benzene rings is 1. The van der Waals surface area contributed by atoms with Gasteiger partial charge in [-0.05, 0) is 39.8 Å². The number of aryl methyl sites for hydroxylation is 1. The van der Waals surface area contributed by atoms with E-state index in [0.29, 0.717) is 22.8 Å². The summed E-state index contributed by atoms with van der Waals surface area (Å²) in [6, 6.07) is 7.12. The molecule has 218 valence electrons. The molecule has 0 bridgehead atoms. The lowest BCUT2D eigenvalue weighted by atomic mass is 10.1. The second kappa shape index (κ2) is 12.1. The third-order valence-electron chi connectivity index (χ3n) is 5.94. The molecule has 3 heterocycles. The Kier molecular flexibility index (Phi) is 9.06. The van der Waals surface area contributed by atoms with Crippen LogP contribution in [0, 0.1) is 6.92 Å². The van der Waals surface area contributed by atoms with Crippen LogP contribution in [0.4, 0.5) is 10.2 Å². The van der Waals surface area contributed by atoms with Crippen molar-refractivity contribution < 1.29 is 37.4 Å². The van der Waals surface area contributed by atoms with E-state index in [1.165, 1.54) is 17.8 Å². The highest BCUT2D eigenvalue weighted by molar-refractivity contribution is 7.52. The Labute approximate surface area is 231 Å². The Balaban J connectivity index is 1.53. The summed E-state index contributed by atoms with van der Waals surface area (Å²) in [5.74, 6) is 0.527. The quantitative estimate of drug-likeness (QED) is 0.254. The Bertz CT molecular complexity index is 1370. The molecule has 6 atom stereocenters. The molecule has 2 N–H and O–H groups in total. The van der Waals surface area contributed by atoms with Crippen molar-refractivity contribution in [1.82, 2.24) is 24.6 Å². The van der Waals surface area contributed by atoms with Crippen LogP contribution in [0.1, 0.15) is 32.8 Å². The molecule has 3 aromatic rings. The molecular weight excluding hydrogens is 546 g/mol. The van der Waals surface area contributed by atoms with Gasteiger partial charge in [0.15, 0.2) is 29.4 Å². The molecule has 2 aromatic heterocycles. The lowest BCUT2D eigenvalue weighted by molar-refractivity contribution is -0.149. The van der Waals surface area contributed by atoms with Gasteiger partial charge in [0.05, 0.1) is 19.0 Å². The van der Waals surface area contributed by atoms with Crippen LogP contribution in [0.2, 0.25) is 0 Å². The Morgan fingerprint density at radius 3 is 2.60 bits per heavy atom. The molecule has 1 fully saturated rings. The Morgan fingerprint density at radius 1 is 1.25 bits per heavy atom. The van der Waals surface area contributed by atoms with Gasteiger partial charge >= 0.3 is 13.7 Å². The highest BCUT2D eigenvalue weighted by Crippen LogP contribution is 2.46. The summed E-state index contributed by atoms with van der Waals surface area (Å²) < 4.78 is 52.7. The molecule has 0 aliphatic carbocycles. The Hall–Kier alpha value is -3.16. The highest BCUT2D eigenvalue weighted by Gasteiger charge is 2.47. The van der Waals surface area contributed by atoms with E-state index in [0.717, 1.165) is 0 Å². The minimum atomic E-state index is -4.25. The second-order valence-corrected chi connectivity index (χ2v) is 11.5. The Morgan fingerprint density at radius 2 is 1.95 bits per heavy atom. The number of imidazole rings is 1. The smallest absolute Gasteiger partial charge is 0.459 e. The number of anilines is 1. The fourth-order valence-electron chi connectivity index (χ4n) is 4.08. The number of fused-ring (bicyclic) bond motifs is 1. The molecular formula is C25H34FN6O7P. The lowest BCUT2D eigenvalue weighted by Gasteiger charge is -2.25. The number of para-hydroxylation sites is 1. The fraction of sp³-hybridized carbons (Fsp3) is 0.520. The number of carbonyl (C=O) groups excluding carboxylic acids is 1. The van der Waals surface area contributed by atoms with Crippen LogP contribution in [-0.2, 0) is 23.4 Å². The first-order valence-corrected chi connectivity index (χ1v) is 14.3. The number of alkyl halides is 1. The van der Waals surface area contributed by atoms with Crippen LogP contribution < -0.4 is 14.5 Å². The number of hydrogen-bond acceptors (Lipinski definition) is 11. The van der Waals surface area contributed by atoms with Gasteiger partial charge in [-0.15, -0.1) is 0 Å². The van der Waals surface area contributed by atoms with Crippen LogP contribution in [0.25, 0.3) is 11.2 Å². The van der Waals surface area contributed by atoms with E-state index in [-0.39, 0.29) is 5.75 Å². The lowest BCUT2D eigenvalue weighted by Crippen LogP contribution is -2.37. The molecule has 40 heavy (non-hydrogen) atoms. The van der Waals surface area contributed by atoms with Crippen molar-refractivity contribution in [2.45, 2.75) is 64.4 Å². The molecule has 0 amide bonds. The van der Waals surface area contributed by atoms with Gasteiger partial charge in [0.2, 0.25) is 0 Å². The topological polar surface area (TPSA) is 150 Å². The number of nitrogens with one attached hydrogen (secondary N) is 1. The number of carbonyl (C=O) groups is 1. The van der Waals surface area contributed by atoms with Crippen molar-refractivity contribution in [2.24, 2.45) is 0 Å². The summed E-state index contributed by atoms with van der Waals surface area (Å²) in [4.78, 5) is 27.2. The average Bonchev–Trinajstić information content (AvgIpc) is 3.42. The molecule has 4 rings (SSSR count). The molecule has 0 saturated carbocycles. The summed E-state index contributed by atoms with van der Waals surface area (Å²) in [7, 11) is -0.646. The molecule has 1 aliphatic heterocycles. The zero-order valence-electron chi connectivity index (χ0n) is 23.1. The first kappa shape index (κ1) is 29.8. The van der Waals surface area contributed by atoms with Crippen LogP contribution in [-0.4, -0.2) is 81.8 Å². The van der Waals surface area contributed by atoms with E-state index in [4.69, 9.17) is 18.5 Å². The summed E-state index contributed by atoms with van der Waals surface area (Å²) in [5, 5.41) is 13.2. The summed E-state index contributed by atoms with van der Waals surface area (Å²) in [6.07, 6.45) is -5.07.